The zero-order valence-electron chi connectivity index (χ0n) is 14.5. The van der Waals surface area contributed by atoms with E-state index >= 15 is 0 Å². The Balaban J connectivity index is 1.77. The molecule has 0 amide bonds. The zero-order chi connectivity index (χ0) is 17.4. The molecule has 2 aromatic heterocycles. The fourth-order valence-corrected chi connectivity index (χ4v) is 3.50. The van der Waals surface area contributed by atoms with Crippen molar-refractivity contribution < 1.29 is 0 Å². The van der Waals surface area contributed by atoms with Gasteiger partial charge in [0.1, 0.15) is 11.6 Å². The second-order valence-electron chi connectivity index (χ2n) is 6.29. The van der Waals surface area contributed by atoms with E-state index in [0.717, 1.165) is 61.1 Å². The molecule has 0 radical (unpaired) electrons. The standard InChI is InChI=1S/C18H21ClN6/c1-3-23-7-9-24(10-8-23)17-16-12-20-25(18(16)22-13(2)21-17)15-6-4-5-14(19)11-15/h4-6,11-12H,3,7-10H2,1-2H3. The van der Waals surface area contributed by atoms with Gasteiger partial charge < -0.3 is 9.80 Å². The summed E-state index contributed by atoms with van der Waals surface area (Å²) in [6, 6.07) is 7.65. The van der Waals surface area contributed by atoms with E-state index in [4.69, 9.17) is 16.6 Å². The molecule has 0 spiro atoms. The maximum atomic E-state index is 6.14. The summed E-state index contributed by atoms with van der Waals surface area (Å²) in [4.78, 5) is 14.2. The molecule has 6 nitrogen and oxygen atoms in total. The minimum atomic E-state index is 0.683. The van der Waals surface area contributed by atoms with Gasteiger partial charge >= 0.3 is 0 Å². The first-order valence-corrected chi connectivity index (χ1v) is 8.99. The van der Waals surface area contributed by atoms with Gasteiger partial charge in [-0.25, -0.2) is 14.6 Å². The predicted octanol–water partition coefficient (Wildman–Crippen LogP) is 2.92. The lowest BCUT2D eigenvalue weighted by Gasteiger charge is -2.35. The maximum Gasteiger partial charge on any atom is 0.168 e. The average molecular weight is 357 g/mol. The summed E-state index contributed by atoms with van der Waals surface area (Å²) in [5.74, 6) is 1.73. The summed E-state index contributed by atoms with van der Waals surface area (Å²) in [5, 5.41) is 6.22. The van der Waals surface area contributed by atoms with Gasteiger partial charge in [-0.1, -0.05) is 24.6 Å². The molecule has 130 valence electrons. The fraction of sp³-hybridized carbons (Fsp3) is 0.389. The van der Waals surface area contributed by atoms with Gasteiger partial charge in [0, 0.05) is 31.2 Å². The highest BCUT2D eigenvalue weighted by atomic mass is 35.5. The van der Waals surface area contributed by atoms with E-state index in [1.54, 1.807) is 0 Å². The number of likely N-dealkylation sites (N-methyl/N-ethyl adjacent to an activating group) is 1. The Morgan fingerprint density at radius 2 is 1.92 bits per heavy atom. The van der Waals surface area contributed by atoms with Gasteiger partial charge in [-0.05, 0) is 31.7 Å². The number of aromatic nitrogens is 4. The average Bonchev–Trinajstić information content (AvgIpc) is 3.05. The van der Waals surface area contributed by atoms with E-state index < -0.39 is 0 Å². The van der Waals surface area contributed by atoms with Gasteiger partial charge in [-0.3, -0.25) is 0 Å². The summed E-state index contributed by atoms with van der Waals surface area (Å²) >= 11 is 6.14. The molecule has 0 aliphatic carbocycles. The van der Waals surface area contributed by atoms with Crippen LogP contribution < -0.4 is 4.90 Å². The third kappa shape index (κ3) is 3.07. The molecule has 3 aromatic rings. The number of nitrogens with zero attached hydrogens (tertiary/aromatic N) is 6. The van der Waals surface area contributed by atoms with Gasteiger partial charge in [-0.15, -0.1) is 0 Å². The summed E-state index contributed by atoms with van der Waals surface area (Å²) in [5.41, 5.74) is 1.73. The highest BCUT2D eigenvalue weighted by Crippen LogP contribution is 2.27. The molecule has 3 heterocycles. The van der Waals surface area contributed by atoms with Crippen LogP contribution in [-0.2, 0) is 0 Å². The molecule has 1 saturated heterocycles. The smallest absolute Gasteiger partial charge is 0.168 e. The molecule has 1 aliphatic heterocycles. The molecule has 0 atom stereocenters. The highest BCUT2D eigenvalue weighted by Gasteiger charge is 2.21. The van der Waals surface area contributed by atoms with E-state index in [9.17, 15) is 0 Å². The summed E-state index contributed by atoms with van der Waals surface area (Å²) < 4.78 is 1.84. The van der Waals surface area contributed by atoms with Gasteiger partial charge in [0.15, 0.2) is 5.65 Å². The van der Waals surface area contributed by atoms with E-state index in [0.29, 0.717) is 5.02 Å². The van der Waals surface area contributed by atoms with Crippen LogP contribution in [0.25, 0.3) is 16.7 Å². The molecule has 0 N–H and O–H groups in total. The largest absolute Gasteiger partial charge is 0.353 e. The second-order valence-corrected chi connectivity index (χ2v) is 6.73. The quantitative estimate of drug-likeness (QED) is 0.722. The molecular weight excluding hydrogens is 336 g/mol. The molecule has 1 aromatic carbocycles. The SMILES string of the molecule is CCN1CCN(c2nc(C)nc3c2cnn3-c2cccc(Cl)c2)CC1. The lowest BCUT2D eigenvalue weighted by Crippen LogP contribution is -2.46. The van der Waals surface area contributed by atoms with E-state index in [1.165, 1.54) is 0 Å². The molecule has 7 heteroatoms. The molecule has 4 rings (SSSR count). The van der Waals surface area contributed by atoms with Crippen molar-refractivity contribution in [2.45, 2.75) is 13.8 Å². The molecule has 1 fully saturated rings. The van der Waals surface area contributed by atoms with Crippen molar-refractivity contribution in [3.8, 4) is 5.69 Å². The van der Waals surface area contributed by atoms with Crippen LogP contribution in [0.3, 0.4) is 0 Å². The molecule has 25 heavy (non-hydrogen) atoms. The Labute approximate surface area is 152 Å². The first-order chi connectivity index (χ1) is 12.2. The molecule has 0 saturated carbocycles. The van der Waals surface area contributed by atoms with Crippen LogP contribution in [-0.4, -0.2) is 57.4 Å². The number of anilines is 1. The topological polar surface area (TPSA) is 50.1 Å². The minimum Gasteiger partial charge on any atom is -0.353 e. The van der Waals surface area contributed by atoms with Crippen molar-refractivity contribution in [2.75, 3.05) is 37.6 Å². The van der Waals surface area contributed by atoms with E-state index in [-0.39, 0.29) is 0 Å². The van der Waals surface area contributed by atoms with E-state index in [2.05, 4.69) is 26.8 Å². The monoisotopic (exact) mass is 356 g/mol. The summed E-state index contributed by atoms with van der Waals surface area (Å²) in [6.07, 6.45) is 1.86. The Hall–Kier alpha value is -2.18. The first-order valence-electron chi connectivity index (χ1n) is 8.61. The summed E-state index contributed by atoms with van der Waals surface area (Å²) in [7, 11) is 0. The number of hydrogen-bond acceptors (Lipinski definition) is 5. The van der Waals surface area contributed by atoms with Crippen LogP contribution >= 0.6 is 11.6 Å². The third-order valence-electron chi connectivity index (χ3n) is 4.69. The fourth-order valence-electron chi connectivity index (χ4n) is 3.31. The Morgan fingerprint density at radius 1 is 1.12 bits per heavy atom. The third-order valence-corrected chi connectivity index (χ3v) is 4.93. The minimum absolute atomic E-state index is 0.683. The number of fused-ring (bicyclic) bond motifs is 1. The predicted molar refractivity (Wildman–Crippen MR) is 101 cm³/mol. The van der Waals surface area contributed by atoms with Crippen LogP contribution in [0.4, 0.5) is 5.82 Å². The Bertz CT molecular complexity index is 898. The van der Waals surface area contributed by atoms with Gasteiger partial charge in [0.2, 0.25) is 0 Å². The highest BCUT2D eigenvalue weighted by molar-refractivity contribution is 6.30. The number of piperazine rings is 1. The molecule has 0 unspecified atom stereocenters. The van der Waals surface area contributed by atoms with Crippen LogP contribution in [0.5, 0.6) is 0 Å². The Morgan fingerprint density at radius 3 is 2.64 bits per heavy atom. The number of benzene rings is 1. The van der Waals surface area contributed by atoms with Crippen molar-refractivity contribution >= 4 is 28.5 Å². The lowest BCUT2D eigenvalue weighted by molar-refractivity contribution is 0.270. The van der Waals surface area contributed by atoms with Crippen molar-refractivity contribution in [3.63, 3.8) is 0 Å². The zero-order valence-corrected chi connectivity index (χ0v) is 15.2. The van der Waals surface area contributed by atoms with Crippen LogP contribution in [0, 0.1) is 6.92 Å². The second kappa shape index (κ2) is 6.61. The van der Waals surface area contributed by atoms with Gasteiger partial charge in [0.05, 0.1) is 17.3 Å². The normalized spacial score (nSPS) is 15.9. The van der Waals surface area contributed by atoms with E-state index in [1.807, 2.05) is 42.1 Å². The van der Waals surface area contributed by atoms with Crippen molar-refractivity contribution in [1.82, 2.24) is 24.6 Å². The molecule has 0 bridgehead atoms. The van der Waals surface area contributed by atoms with Crippen LogP contribution in [0.15, 0.2) is 30.5 Å². The van der Waals surface area contributed by atoms with Crippen molar-refractivity contribution in [1.29, 1.82) is 0 Å². The Kier molecular flexibility index (Phi) is 4.31. The number of rotatable bonds is 3. The van der Waals surface area contributed by atoms with Crippen molar-refractivity contribution in [2.24, 2.45) is 0 Å². The first kappa shape index (κ1) is 16.3. The number of aryl methyl sites for hydroxylation is 1. The van der Waals surface area contributed by atoms with Gasteiger partial charge in [0.25, 0.3) is 0 Å². The number of halogens is 1. The molecular formula is C18H21ClN6. The number of hydrogen-bond donors (Lipinski definition) is 0. The maximum absolute atomic E-state index is 6.14. The van der Waals surface area contributed by atoms with Crippen molar-refractivity contribution in [3.05, 3.63) is 41.3 Å². The van der Waals surface area contributed by atoms with Crippen LogP contribution in [0.2, 0.25) is 5.02 Å². The molecule has 1 aliphatic rings. The van der Waals surface area contributed by atoms with Crippen LogP contribution in [0.1, 0.15) is 12.7 Å². The summed E-state index contributed by atoms with van der Waals surface area (Å²) in [6.45, 7) is 9.30. The van der Waals surface area contributed by atoms with Gasteiger partial charge in [-0.2, -0.15) is 5.10 Å². The lowest BCUT2D eigenvalue weighted by atomic mass is 10.2.